The van der Waals surface area contributed by atoms with Crippen LogP contribution in [-0.4, -0.2) is 0 Å². The van der Waals surface area contributed by atoms with Crippen molar-refractivity contribution in [3.8, 4) is 0 Å². The molecule has 0 aliphatic heterocycles. The largest absolute Gasteiger partial charge is 0.271 e. The zero-order valence-corrected chi connectivity index (χ0v) is 14.3. The van der Waals surface area contributed by atoms with Gasteiger partial charge in [0.2, 0.25) is 0 Å². The van der Waals surface area contributed by atoms with Gasteiger partial charge in [0, 0.05) is 14.0 Å². The van der Waals surface area contributed by atoms with Crippen molar-refractivity contribution in [1.82, 2.24) is 5.43 Å². The maximum absolute atomic E-state index is 13.5. The lowest BCUT2D eigenvalue weighted by atomic mass is 9.99. The maximum Gasteiger partial charge on any atom is 0.124 e. The van der Waals surface area contributed by atoms with Gasteiger partial charge < -0.3 is 0 Å². The molecule has 0 amide bonds. The third-order valence-electron chi connectivity index (χ3n) is 2.93. The quantitative estimate of drug-likeness (QED) is 0.551. The molecule has 0 saturated heterocycles. The summed E-state index contributed by atoms with van der Waals surface area (Å²) in [6, 6.07) is 10.1. The molecular formula is C14H12Br2ClFN2. The molecule has 2 aromatic carbocycles. The molecule has 1 unspecified atom stereocenters. The number of rotatable bonds is 4. The first-order valence-corrected chi connectivity index (χ1v) is 7.82. The lowest BCUT2D eigenvalue weighted by molar-refractivity contribution is 0.544. The van der Waals surface area contributed by atoms with Crippen LogP contribution in [0.25, 0.3) is 0 Å². The van der Waals surface area contributed by atoms with Crippen LogP contribution in [0, 0.1) is 5.82 Å². The fourth-order valence-electron chi connectivity index (χ4n) is 1.96. The average Bonchev–Trinajstić information content (AvgIpc) is 2.36. The van der Waals surface area contributed by atoms with Crippen LogP contribution < -0.4 is 11.3 Å². The molecule has 2 rings (SSSR count). The molecule has 0 aromatic heterocycles. The Balaban J connectivity index is 2.28. The van der Waals surface area contributed by atoms with E-state index in [0.717, 1.165) is 15.6 Å². The minimum absolute atomic E-state index is 0.222. The minimum atomic E-state index is -0.309. The van der Waals surface area contributed by atoms with E-state index >= 15 is 0 Å². The Morgan fingerprint density at radius 2 is 1.90 bits per heavy atom. The Morgan fingerprint density at radius 1 is 1.15 bits per heavy atom. The molecule has 2 aromatic rings. The molecular weight excluding hydrogens is 410 g/mol. The van der Waals surface area contributed by atoms with Crippen molar-refractivity contribution in [1.29, 1.82) is 0 Å². The Bertz CT molecular complexity index is 602. The predicted octanol–water partition coefficient (Wildman–Crippen LogP) is 4.75. The summed E-state index contributed by atoms with van der Waals surface area (Å²) < 4.78 is 15.1. The molecule has 0 saturated carbocycles. The smallest absolute Gasteiger partial charge is 0.124 e. The molecule has 0 spiro atoms. The molecule has 0 heterocycles. The minimum Gasteiger partial charge on any atom is -0.271 e. The third-order valence-corrected chi connectivity index (χ3v) is 4.23. The van der Waals surface area contributed by atoms with Crippen molar-refractivity contribution in [3.63, 3.8) is 0 Å². The molecule has 2 nitrogen and oxygen atoms in total. The summed E-state index contributed by atoms with van der Waals surface area (Å²) in [6.45, 7) is 0. The highest BCUT2D eigenvalue weighted by atomic mass is 79.9. The van der Waals surface area contributed by atoms with E-state index in [1.807, 2.05) is 24.3 Å². The van der Waals surface area contributed by atoms with Gasteiger partial charge in [0.25, 0.3) is 0 Å². The van der Waals surface area contributed by atoms with Gasteiger partial charge in [-0.2, -0.15) is 0 Å². The van der Waals surface area contributed by atoms with Crippen molar-refractivity contribution in [3.05, 3.63) is 67.3 Å². The topological polar surface area (TPSA) is 38.0 Å². The van der Waals surface area contributed by atoms with E-state index in [4.69, 9.17) is 17.4 Å². The predicted molar refractivity (Wildman–Crippen MR) is 87.0 cm³/mol. The summed E-state index contributed by atoms with van der Waals surface area (Å²) in [5, 5.41) is 0.648. The third kappa shape index (κ3) is 4.02. The number of hydrogen-bond acceptors (Lipinski definition) is 2. The fraction of sp³-hybridized carbons (Fsp3) is 0.143. The van der Waals surface area contributed by atoms with Gasteiger partial charge in [-0.05, 0) is 47.9 Å². The van der Waals surface area contributed by atoms with Gasteiger partial charge >= 0.3 is 0 Å². The first kappa shape index (κ1) is 15.9. The van der Waals surface area contributed by atoms with E-state index in [9.17, 15) is 4.39 Å². The van der Waals surface area contributed by atoms with Crippen LogP contribution in [0.3, 0.4) is 0 Å². The molecule has 3 N–H and O–H groups in total. The lowest BCUT2D eigenvalue weighted by Crippen LogP contribution is -2.29. The van der Waals surface area contributed by atoms with E-state index in [1.165, 1.54) is 12.1 Å². The van der Waals surface area contributed by atoms with E-state index < -0.39 is 0 Å². The van der Waals surface area contributed by atoms with E-state index in [2.05, 4.69) is 37.3 Å². The Kier molecular flexibility index (Phi) is 5.57. The zero-order chi connectivity index (χ0) is 14.7. The van der Waals surface area contributed by atoms with Gasteiger partial charge in [-0.1, -0.05) is 49.5 Å². The molecule has 1 atom stereocenters. The molecule has 0 radical (unpaired) electrons. The fourth-order valence-corrected chi connectivity index (χ4v) is 3.19. The number of halogens is 4. The highest BCUT2D eigenvalue weighted by Gasteiger charge is 2.14. The van der Waals surface area contributed by atoms with Crippen molar-refractivity contribution < 1.29 is 4.39 Å². The molecule has 20 heavy (non-hydrogen) atoms. The van der Waals surface area contributed by atoms with Crippen LogP contribution in [-0.2, 0) is 6.42 Å². The van der Waals surface area contributed by atoms with Gasteiger partial charge in [0.05, 0.1) is 6.04 Å². The van der Waals surface area contributed by atoms with Gasteiger partial charge in [-0.3, -0.25) is 11.3 Å². The number of hydrazine groups is 1. The second-order valence-electron chi connectivity index (χ2n) is 4.36. The van der Waals surface area contributed by atoms with Crippen LogP contribution in [0.1, 0.15) is 17.2 Å². The molecule has 0 bridgehead atoms. The standard InChI is InChI=1S/C14H12Br2ClFN2/c15-10-2-1-8(13(17)7-10)5-14(20-19)9-3-11(16)6-12(18)4-9/h1-4,6-7,14,20H,5,19H2. The van der Waals surface area contributed by atoms with E-state index in [0.29, 0.717) is 15.9 Å². The monoisotopic (exact) mass is 420 g/mol. The van der Waals surface area contributed by atoms with Crippen molar-refractivity contribution >= 4 is 43.5 Å². The van der Waals surface area contributed by atoms with Gasteiger partial charge in [0.1, 0.15) is 5.82 Å². The van der Waals surface area contributed by atoms with Crippen LogP contribution >= 0.6 is 43.5 Å². The summed E-state index contributed by atoms with van der Waals surface area (Å²) in [5.74, 6) is 5.28. The zero-order valence-electron chi connectivity index (χ0n) is 10.3. The molecule has 0 aliphatic rings. The van der Waals surface area contributed by atoms with Gasteiger partial charge in [-0.25, -0.2) is 4.39 Å². The van der Waals surface area contributed by atoms with Crippen LogP contribution in [0.4, 0.5) is 4.39 Å². The van der Waals surface area contributed by atoms with E-state index in [-0.39, 0.29) is 11.9 Å². The van der Waals surface area contributed by atoms with Crippen molar-refractivity contribution in [2.24, 2.45) is 5.84 Å². The molecule has 6 heteroatoms. The van der Waals surface area contributed by atoms with Crippen LogP contribution in [0.15, 0.2) is 45.3 Å². The Hall–Kier alpha value is -0.460. The lowest BCUT2D eigenvalue weighted by Gasteiger charge is -2.18. The van der Waals surface area contributed by atoms with Crippen molar-refractivity contribution in [2.75, 3.05) is 0 Å². The number of nitrogens with two attached hydrogens (primary N) is 1. The van der Waals surface area contributed by atoms with Crippen LogP contribution in [0.2, 0.25) is 5.02 Å². The molecule has 106 valence electrons. The average molecular weight is 423 g/mol. The number of nitrogens with one attached hydrogen (secondary N) is 1. The highest BCUT2D eigenvalue weighted by Crippen LogP contribution is 2.27. The SMILES string of the molecule is NNC(Cc1ccc(Br)cc1Cl)c1cc(F)cc(Br)c1. The molecule has 0 fully saturated rings. The van der Waals surface area contributed by atoms with Gasteiger partial charge in [-0.15, -0.1) is 0 Å². The van der Waals surface area contributed by atoms with E-state index in [1.54, 1.807) is 0 Å². The van der Waals surface area contributed by atoms with Crippen molar-refractivity contribution in [2.45, 2.75) is 12.5 Å². The summed E-state index contributed by atoms with van der Waals surface area (Å²) in [6.07, 6.45) is 0.568. The second kappa shape index (κ2) is 7.00. The molecule has 0 aliphatic carbocycles. The Morgan fingerprint density at radius 3 is 2.50 bits per heavy atom. The summed E-state index contributed by atoms with van der Waals surface area (Å²) in [5.41, 5.74) is 4.41. The summed E-state index contributed by atoms with van der Waals surface area (Å²) in [4.78, 5) is 0. The maximum atomic E-state index is 13.5. The highest BCUT2D eigenvalue weighted by molar-refractivity contribution is 9.10. The first-order valence-electron chi connectivity index (χ1n) is 5.85. The Labute approximate surface area is 138 Å². The van der Waals surface area contributed by atoms with Crippen LogP contribution in [0.5, 0.6) is 0 Å². The number of benzene rings is 2. The second-order valence-corrected chi connectivity index (χ2v) is 6.60. The summed E-state index contributed by atoms with van der Waals surface area (Å²) in [7, 11) is 0. The normalized spacial score (nSPS) is 12.4. The van der Waals surface area contributed by atoms with Gasteiger partial charge in [0.15, 0.2) is 0 Å². The summed E-state index contributed by atoms with van der Waals surface area (Å²) >= 11 is 12.8. The first-order chi connectivity index (χ1) is 9.49. The number of hydrogen-bond donors (Lipinski definition) is 2.